The van der Waals surface area contributed by atoms with Gasteiger partial charge in [0.2, 0.25) is 6.08 Å². The van der Waals surface area contributed by atoms with Crippen molar-refractivity contribution in [2.75, 3.05) is 25.0 Å². The number of nitrogens with zero attached hydrogens (tertiary/aromatic N) is 3. The molecule has 3 rings (SSSR count). The Morgan fingerprint density at radius 1 is 1.25 bits per heavy atom. The molecular weight excluding hydrogens is 254 g/mol. The van der Waals surface area contributed by atoms with Crippen LogP contribution in [0, 0.1) is 0 Å². The van der Waals surface area contributed by atoms with Gasteiger partial charge in [-0.1, -0.05) is 18.2 Å². The van der Waals surface area contributed by atoms with Crippen molar-refractivity contribution in [3.63, 3.8) is 0 Å². The van der Waals surface area contributed by atoms with Crippen molar-refractivity contribution in [2.45, 2.75) is 24.8 Å². The zero-order valence-corrected chi connectivity index (χ0v) is 11.5. The number of carbonyl (C=O) groups excluding carboxylic acids is 2. The normalized spacial score (nSPS) is 20.6. The van der Waals surface area contributed by atoms with Crippen LogP contribution in [0.3, 0.4) is 0 Å². The Hall–Kier alpha value is -2.13. The Morgan fingerprint density at radius 2 is 2.00 bits per heavy atom. The molecule has 2 fully saturated rings. The predicted octanol–water partition coefficient (Wildman–Crippen LogP) is 2.27. The van der Waals surface area contributed by atoms with E-state index in [0.29, 0.717) is 6.54 Å². The highest BCUT2D eigenvalue weighted by molar-refractivity contribution is 5.95. The van der Waals surface area contributed by atoms with Crippen LogP contribution in [0.25, 0.3) is 0 Å². The number of amides is 2. The van der Waals surface area contributed by atoms with Gasteiger partial charge in [-0.2, -0.15) is 4.99 Å². The summed E-state index contributed by atoms with van der Waals surface area (Å²) in [5.41, 5.74) is 1.37. The van der Waals surface area contributed by atoms with E-state index >= 15 is 0 Å². The van der Waals surface area contributed by atoms with Crippen LogP contribution in [0.15, 0.2) is 29.3 Å². The molecule has 1 aromatic rings. The maximum absolute atomic E-state index is 12.2. The summed E-state index contributed by atoms with van der Waals surface area (Å²) >= 11 is 0. The highest BCUT2D eigenvalue weighted by Gasteiger charge is 2.42. The number of hydrogen-bond acceptors (Lipinski definition) is 3. The number of aliphatic imine (C=N–C) groups is 1. The van der Waals surface area contributed by atoms with Gasteiger partial charge in [-0.05, 0) is 25.3 Å². The van der Waals surface area contributed by atoms with E-state index in [0.717, 1.165) is 37.1 Å². The molecule has 0 atom stereocenters. The van der Waals surface area contributed by atoms with Crippen molar-refractivity contribution in [3.05, 3.63) is 29.8 Å². The number of hydrogen-bond donors (Lipinski definition) is 0. The molecule has 1 aliphatic carbocycles. The second kappa shape index (κ2) is 4.76. The monoisotopic (exact) mass is 271 g/mol. The van der Waals surface area contributed by atoms with E-state index < -0.39 is 5.54 Å². The second-order valence-corrected chi connectivity index (χ2v) is 5.46. The Balaban J connectivity index is 2.05. The molecule has 2 amide bonds. The predicted molar refractivity (Wildman–Crippen MR) is 75.5 cm³/mol. The lowest BCUT2D eigenvalue weighted by molar-refractivity contribution is 0.229. The van der Waals surface area contributed by atoms with Crippen molar-refractivity contribution in [1.82, 2.24) is 4.90 Å². The van der Waals surface area contributed by atoms with Gasteiger partial charge in [0, 0.05) is 25.7 Å². The van der Waals surface area contributed by atoms with Crippen LogP contribution in [0.1, 0.15) is 24.8 Å². The molecule has 5 heteroatoms. The molecule has 0 spiro atoms. The first-order valence-corrected chi connectivity index (χ1v) is 6.89. The molecule has 1 saturated heterocycles. The number of carbonyl (C=O) groups is 1. The first-order valence-electron chi connectivity index (χ1n) is 6.89. The Labute approximate surface area is 117 Å². The molecule has 2 aliphatic rings. The van der Waals surface area contributed by atoms with Gasteiger partial charge in [0.15, 0.2) is 0 Å². The fraction of sp³-hybridized carbons (Fsp3) is 0.467. The molecule has 104 valence electrons. The smallest absolute Gasteiger partial charge is 0.324 e. The van der Waals surface area contributed by atoms with E-state index in [1.165, 1.54) is 0 Å². The van der Waals surface area contributed by atoms with Crippen LogP contribution in [0.2, 0.25) is 0 Å². The lowest BCUT2D eigenvalue weighted by Crippen LogP contribution is -2.36. The lowest BCUT2D eigenvalue weighted by atomic mass is 9.71. The number of para-hydroxylation sites is 1. The Morgan fingerprint density at radius 3 is 2.55 bits per heavy atom. The van der Waals surface area contributed by atoms with Crippen molar-refractivity contribution < 1.29 is 9.59 Å². The molecule has 0 unspecified atom stereocenters. The van der Waals surface area contributed by atoms with Gasteiger partial charge in [-0.15, -0.1) is 0 Å². The second-order valence-electron chi connectivity index (χ2n) is 5.46. The van der Waals surface area contributed by atoms with Crippen LogP contribution in [0.5, 0.6) is 0 Å². The van der Waals surface area contributed by atoms with Crippen LogP contribution in [-0.2, 0) is 10.3 Å². The third kappa shape index (κ3) is 1.82. The summed E-state index contributed by atoms with van der Waals surface area (Å²) in [6, 6.07) is 7.76. The molecule has 1 heterocycles. The molecule has 5 nitrogen and oxygen atoms in total. The van der Waals surface area contributed by atoms with E-state index in [4.69, 9.17) is 0 Å². The van der Waals surface area contributed by atoms with E-state index in [1.807, 2.05) is 24.3 Å². The third-order valence-electron chi connectivity index (χ3n) is 4.35. The van der Waals surface area contributed by atoms with Crippen molar-refractivity contribution in [1.29, 1.82) is 0 Å². The number of urea groups is 1. The minimum Gasteiger partial charge on any atom is -0.326 e. The van der Waals surface area contributed by atoms with Crippen molar-refractivity contribution in [2.24, 2.45) is 4.99 Å². The van der Waals surface area contributed by atoms with Gasteiger partial charge >= 0.3 is 6.03 Å². The molecule has 0 bridgehead atoms. The zero-order chi connectivity index (χ0) is 14.2. The summed E-state index contributed by atoms with van der Waals surface area (Å²) in [6.07, 6.45) is 4.45. The van der Waals surface area contributed by atoms with Gasteiger partial charge in [0.1, 0.15) is 5.54 Å². The highest BCUT2D eigenvalue weighted by Crippen LogP contribution is 2.48. The first kappa shape index (κ1) is 12.9. The van der Waals surface area contributed by atoms with Crippen LogP contribution in [-0.4, -0.2) is 37.1 Å². The minimum absolute atomic E-state index is 0.00186. The number of likely N-dealkylation sites (N-methyl/N-ethyl adjacent to an activating group) is 1. The van der Waals surface area contributed by atoms with E-state index in [9.17, 15) is 9.59 Å². The third-order valence-corrected chi connectivity index (χ3v) is 4.35. The fourth-order valence-electron chi connectivity index (χ4n) is 3.01. The average Bonchev–Trinajstić information content (AvgIpc) is 2.75. The van der Waals surface area contributed by atoms with E-state index in [2.05, 4.69) is 4.99 Å². The molecule has 20 heavy (non-hydrogen) atoms. The Kier molecular flexibility index (Phi) is 3.07. The van der Waals surface area contributed by atoms with Crippen molar-refractivity contribution >= 4 is 17.8 Å². The highest BCUT2D eigenvalue weighted by atomic mass is 16.2. The maximum atomic E-state index is 12.2. The summed E-state index contributed by atoms with van der Waals surface area (Å²) < 4.78 is 0. The summed E-state index contributed by atoms with van der Waals surface area (Å²) in [4.78, 5) is 30.5. The van der Waals surface area contributed by atoms with Gasteiger partial charge < -0.3 is 4.90 Å². The lowest BCUT2D eigenvalue weighted by Gasteiger charge is -2.39. The molecule has 1 aliphatic heterocycles. The molecule has 0 N–H and O–H groups in total. The number of anilines is 1. The maximum Gasteiger partial charge on any atom is 0.324 e. The SMILES string of the molecule is CN1CCN(c2ccccc2C2(N=C=O)CCC2)C1=O. The molecular formula is C15H17N3O2. The van der Waals surface area contributed by atoms with Gasteiger partial charge in [-0.3, -0.25) is 4.90 Å². The van der Waals surface area contributed by atoms with Crippen LogP contribution < -0.4 is 4.90 Å². The van der Waals surface area contributed by atoms with E-state index in [1.54, 1.807) is 22.9 Å². The van der Waals surface area contributed by atoms with E-state index in [-0.39, 0.29) is 6.03 Å². The standard InChI is InChI=1S/C15H17N3O2/c1-17-9-10-18(14(17)20)13-6-3-2-5-12(13)15(16-11-19)7-4-8-15/h2-3,5-6H,4,7-10H2,1H3. The van der Waals surface area contributed by atoms with Crippen molar-refractivity contribution in [3.8, 4) is 0 Å². The van der Waals surface area contributed by atoms with Gasteiger partial charge in [-0.25, -0.2) is 9.59 Å². The average molecular weight is 271 g/mol. The summed E-state index contributed by atoms with van der Waals surface area (Å²) in [6.45, 7) is 1.39. The number of rotatable bonds is 3. The molecule has 0 radical (unpaired) electrons. The zero-order valence-electron chi connectivity index (χ0n) is 11.5. The first-order chi connectivity index (χ1) is 9.68. The molecule has 1 aromatic carbocycles. The quantitative estimate of drug-likeness (QED) is 0.625. The minimum atomic E-state index is -0.472. The van der Waals surface area contributed by atoms with Crippen LogP contribution >= 0.6 is 0 Å². The fourth-order valence-corrected chi connectivity index (χ4v) is 3.01. The molecule has 0 aromatic heterocycles. The summed E-state index contributed by atoms with van der Waals surface area (Å²) in [5, 5.41) is 0. The Bertz CT molecular complexity index is 589. The summed E-state index contributed by atoms with van der Waals surface area (Å²) in [5.74, 6) is 0. The summed E-state index contributed by atoms with van der Waals surface area (Å²) in [7, 11) is 1.80. The van der Waals surface area contributed by atoms with Gasteiger partial charge in [0.05, 0.1) is 5.69 Å². The van der Waals surface area contributed by atoms with Gasteiger partial charge in [0.25, 0.3) is 0 Å². The number of isocyanates is 1. The van der Waals surface area contributed by atoms with Crippen LogP contribution in [0.4, 0.5) is 10.5 Å². The topological polar surface area (TPSA) is 53.0 Å². The number of benzene rings is 1. The largest absolute Gasteiger partial charge is 0.326 e. The molecule has 1 saturated carbocycles.